The van der Waals surface area contributed by atoms with Crippen LogP contribution in [0, 0.1) is 5.82 Å². The number of hydrogen-bond donors (Lipinski definition) is 2. The lowest BCUT2D eigenvalue weighted by atomic mass is 9.95. The molecule has 128 valence electrons. The minimum absolute atomic E-state index is 0.00150. The average molecular weight is 336 g/mol. The van der Waals surface area contributed by atoms with Crippen molar-refractivity contribution in [2.24, 2.45) is 0 Å². The second kappa shape index (κ2) is 6.36. The molecule has 0 bridgehead atoms. The minimum atomic E-state index is -0.236. The van der Waals surface area contributed by atoms with Gasteiger partial charge in [0.05, 0.1) is 0 Å². The van der Waals surface area contributed by atoms with E-state index in [2.05, 4.69) is 10.3 Å². The number of aromatic nitrogens is 1. The van der Waals surface area contributed by atoms with Crippen LogP contribution in [0.15, 0.2) is 54.7 Å². The smallest absolute Gasteiger partial charge is 0.220 e. The van der Waals surface area contributed by atoms with Gasteiger partial charge in [0.15, 0.2) is 0 Å². The number of rotatable bonds is 6. The topological polar surface area (TPSA) is 44.9 Å². The van der Waals surface area contributed by atoms with Crippen molar-refractivity contribution in [1.82, 2.24) is 10.3 Å². The Balaban J connectivity index is 1.39. The van der Waals surface area contributed by atoms with Crippen molar-refractivity contribution in [3.05, 3.63) is 71.7 Å². The Hall–Kier alpha value is -2.62. The molecule has 1 heterocycles. The molecule has 0 unspecified atom stereocenters. The minimum Gasteiger partial charge on any atom is -0.361 e. The zero-order chi connectivity index (χ0) is 17.3. The summed E-state index contributed by atoms with van der Waals surface area (Å²) < 4.78 is 13.4. The first-order chi connectivity index (χ1) is 12.2. The fourth-order valence-corrected chi connectivity index (χ4v) is 3.49. The van der Waals surface area contributed by atoms with Crippen LogP contribution in [0.5, 0.6) is 0 Å². The van der Waals surface area contributed by atoms with Crippen molar-refractivity contribution in [1.29, 1.82) is 0 Å². The number of aryl methyl sites for hydroxylation is 1. The van der Waals surface area contributed by atoms with Crippen LogP contribution in [-0.2, 0) is 16.6 Å². The molecule has 1 saturated carbocycles. The summed E-state index contributed by atoms with van der Waals surface area (Å²) in [6.45, 7) is 0.644. The summed E-state index contributed by atoms with van der Waals surface area (Å²) in [4.78, 5) is 15.4. The molecule has 2 aromatic carbocycles. The zero-order valence-electron chi connectivity index (χ0n) is 14.0. The van der Waals surface area contributed by atoms with E-state index in [1.165, 1.54) is 23.3 Å². The Morgan fingerprint density at radius 3 is 2.72 bits per heavy atom. The molecule has 3 aromatic rings. The maximum Gasteiger partial charge on any atom is 0.220 e. The lowest BCUT2D eigenvalue weighted by Gasteiger charge is -2.16. The SMILES string of the molecule is O=C(CCc1ccccc1)NCC1(c2c[nH]c3cc(F)ccc23)CC1. The van der Waals surface area contributed by atoms with Gasteiger partial charge in [0.25, 0.3) is 0 Å². The quantitative estimate of drug-likeness (QED) is 0.700. The number of carbonyl (C=O) groups is 1. The first kappa shape index (κ1) is 15.9. The molecule has 1 aliphatic carbocycles. The number of amides is 1. The highest BCUT2D eigenvalue weighted by Crippen LogP contribution is 2.50. The first-order valence-corrected chi connectivity index (χ1v) is 8.74. The molecule has 1 fully saturated rings. The van der Waals surface area contributed by atoms with E-state index in [-0.39, 0.29) is 17.1 Å². The molecule has 1 amide bonds. The predicted molar refractivity (Wildman–Crippen MR) is 96.9 cm³/mol. The molecule has 2 N–H and O–H groups in total. The van der Waals surface area contributed by atoms with Crippen molar-refractivity contribution in [2.45, 2.75) is 31.1 Å². The Morgan fingerprint density at radius 1 is 1.16 bits per heavy atom. The third-order valence-corrected chi connectivity index (χ3v) is 5.18. The second-order valence-corrected chi connectivity index (χ2v) is 6.93. The van der Waals surface area contributed by atoms with E-state index in [0.717, 1.165) is 30.2 Å². The normalized spacial score (nSPS) is 15.2. The van der Waals surface area contributed by atoms with Gasteiger partial charge >= 0.3 is 0 Å². The number of hydrogen-bond acceptors (Lipinski definition) is 1. The van der Waals surface area contributed by atoms with Gasteiger partial charge in [-0.15, -0.1) is 0 Å². The standard InChI is InChI=1S/C21H21FN2O/c22-16-7-8-17-18(13-23-19(17)12-16)21(10-11-21)14-24-20(25)9-6-15-4-2-1-3-5-15/h1-5,7-8,12-13,23H,6,9-11,14H2,(H,24,25). The molecule has 4 heteroatoms. The molecule has 4 rings (SSSR count). The van der Waals surface area contributed by atoms with Gasteiger partial charge in [0.1, 0.15) is 5.82 Å². The number of benzene rings is 2. The van der Waals surface area contributed by atoms with Gasteiger partial charge < -0.3 is 10.3 Å². The van der Waals surface area contributed by atoms with Crippen molar-refractivity contribution >= 4 is 16.8 Å². The summed E-state index contributed by atoms with van der Waals surface area (Å²) in [7, 11) is 0. The van der Waals surface area contributed by atoms with E-state index in [1.54, 1.807) is 0 Å². The van der Waals surface area contributed by atoms with Crippen LogP contribution in [0.3, 0.4) is 0 Å². The van der Waals surface area contributed by atoms with Crippen LogP contribution in [0.2, 0.25) is 0 Å². The van der Waals surface area contributed by atoms with Gasteiger partial charge in [-0.3, -0.25) is 4.79 Å². The molecule has 0 saturated heterocycles. The summed E-state index contributed by atoms with van der Waals surface area (Å²) >= 11 is 0. The number of nitrogens with one attached hydrogen (secondary N) is 2. The number of carbonyl (C=O) groups excluding carboxylic acids is 1. The van der Waals surface area contributed by atoms with Gasteiger partial charge in [-0.05, 0) is 48.6 Å². The summed E-state index contributed by atoms with van der Waals surface area (Å²) in [5, 5.41) is 4.15. The molecule has 0 spiro atoms. The van der Waals surface area contributed by atoms with Crippen molar-refractivity contribution in [2.75, 3.05) is 6.54 Å². The van der Waals surface area contributed by atoms with Gasteiger partial charge in [-0.25, -0.2) is 4.39 Å². The van der Waals surface area contributed by atoms with Crippen LogP contribution in [0.4, 0.5) is 4.39 Å². The number of halogens is 1. The van der Waals surface area contributed by atoms with Gasteiger partial charge in [-0.1, -0.05) is 30.3 Å². The molecule has 25 heavy (non-hydrogen) atoms. The number of H-pyrrole nitrogens is 1. The van der Waals surface area contributed by atoms with E-state index < -0.39 is 0 Å². The third kappa shape index (κ3) is 3.29. The zero-order valence-corrected chi connectivity index (χ0v) is 14.0. The molecule has 0 radical (unpaired) electrons. The van der Waals surface area contributed by atoms with Crippen LogP contribution in [-0.4, -0.2) is 17.4 Å². The van der Waals surface area contributed by atoms with E-state index in [9.17, 15) is 9.18 Å². The molecule has 1 aromatic heterocycles. The first-order valence-electron chi connectivity index (χ1n) is 8.74. The van der Waals surface area contributed by atoms with E-state index in [0.29, 0.717) is 13.0 Å². The molecule has 3 nitrogen and oxygen atoms in total. The predicted octanol–water partition coefficient (Wildman–Crippen LogP) is 4.09. The maximum absolute atomic E-state index is 13.4. The average Bonchev–Trinajstić information content (AvgIpc) is 3.31. The van der Waals surface area contributed by atoms with Crippen molar-refractivity contribution < 1.29 is 9.18 Å². The van der Waals surface area contributed by atoms with Crippen LogP contribution >= 0.6 is 0 Å². The third-order valence-electron chi connectivity index (χ3n) is 5.18. The lowest BCUT2D eigenvalue weighted by Crippen LogP contribution is -2.32. The number of fused-ring (bicyclic) bond motifs is 1. The summed E-state index contributed by atoms with van der Waals surface area (Å²) in [5.41, 5.74) is 3.18. The molecular weight excluding hydrogens is 315 g/mol. The Morgan fingerprint density at radius 2 is 1.96 bits per heavy atom. The fourth-order valence-electron chi connectivity index (χ4n) is 3.49. The highest BCUT2D eigenvalue weighted by molar-refractivity contribution is 5.85. The van der Waals surface area contributed by atoms with Crippen LogP contribution in [0.25, 0.3) is 10.9 Å². The van der Waals surface area contributed by atoms with E-state index in [1.807, 2.05) is 42.6 Å². The van der Waals surface area contributed by atoms with E-state index >= 15 is 0 Å². The fraction of sp³-hybridized carbons (Fsp3) is 0.286. The van der Waals surface area contributed by atoms with Crippen LogP contribution in [0.1, 0.15) is 30.4 Å². The lowest BCUT2D eigenvalue weighted by molar-refractivity contribution is -0.121. The van der Waals surface area contributed by atoms with Gasteiger partial charge in [0, 0.05) is 35.5 Å². The highest BCUT2D eigenvalue weighted by Gasteiger charge is 2.45. The highest BCUT2D eigenvalue weighted by atomic mass is 19.1. The van der Waals surface area contributed by atoms with Gasteiger partial charge in [0.2, 0.25) is 5.91 Å². The summed E-state index contributed by atoms with van der Waals surface area (Å²) in [6.07, 6.45) is 5.32. The second-order valence-electron chi connectivity index (χ2n) is 6.93. The number of aromatic amines is 1. The van der Waals surface area contributed by atoms with Crippen molar-refractivity contribution in [3.63, 3.8) is 0 Å². The Kier molecular flexibility index (Phi) is 4.04. The largest absolute Gasteiger partial charge is 0.361 e. The molecular formula is C21H21FN2O. The monoisotopic (exact) mass is 336 g/mol. The van der Waals surface area contributed by atoms with Crippen LogP contribution < -0.4 is 5.32 Å². The molecule has 0 atom stereocenters. The maximum atomic E-state index is 13.4. The van der Waals surface area contributed by atoms with Gasteiger partial charge in [-0.2, -0.15) is 0 Å². The Labute approximate surface area is 146 Å². The summed E-state index contributed by atoms with van der Waals surface area (Å²) in [5.74, 6) is -0.152. The Bertz CT molecular complexity index is 897. The molecule has 1 aliphatic rings. The van der Waals surface area contributed by atoms with Crippen molar-refractivity contribution in [3.8, 4) is 0 Å². The van der Waals surface area contributed by atoms with E-state index in [4.69, 9.17) is 0 Å². The molecule has 0 aliphatic heterocycles. The summed E-state index contributed by atoms with van der Waals surface area (Å²) in [6, 6.07) is 14.9.